The van der Waals surface area contributed by atoms with Gasteiger partial charge in [-0.05, 0) is 48.4 Å². The summed E-state index contributed by atoms with van der Waals surface area (Å²) in [7, 11) is 0. The zero-order valence-corrected chi connectivity index (χ0v) is 16.1. The maximum absolute atomic E-state index is 12.1. The Balaban J connectivity index is 1.45. The number of rotatable bonds is 7. The number of urea groups is 1. The highest BCUT2D eigenvalue weighted by atomic mass is 16.5. The number of carbonyl (C=O) groups excluding carboxylic acids is 2. The highest BCUT2D eigenvalue weighted by Crippen LogP contribution is 2.16. The molecule has 3 aromatic rings. The Bertz CT molecular complexity index is 936. The van der Waals surface area contributed by atoms with Crippen molar-refractivity contribution in [2.45, 2.75) is 26.4 Å². The van der Waals surface area contributed by atoms with Crippen LogP contribution in [-0.2, 0) is 13.0 Å². The largest absolute Gasteiger partial charge is 0.486 e. The number of anilines is 1. The average Bonchev–Trinajstić information content (AvgIpc) is 3.22. The number of furan rings is 1. The van der Waals surface area contributed by atoms with E-state index in [1.807, 2.05) is 30.3 Å². The van der Waals surface area contributed by atoms with Crippen molar-refractivity contribution in [3.8, 4) is 5.75 Å². The maximum atomic E-state index is 12.1. The zero-order valence-electron chi connectivity index (χ0n) is 16.1. The smallest absolute Gasteiger partial charge is 0.337 e. The summed E-state index contributed by atoms with van der Waals surface area (Å²) in [5.41, 5.74) is 6.43. The van der Waals surface area contributed by atoms with Gasteiger partial charge in [0.25, 0.3) is 0 Å². The molecule has 0 atom stereocenters. The number of para-hydroxylation sites is 1. The summed E-state index contributed by atoms with van der Waals surface area (Å²) < 4.78 is 11.1. The van der Waals surface area contributed by atoms with Crippen LogP contribution in [0.15, 0.2) is 71.1 Å². The quantitative estimate of drug-likeness (QED) is 0.523. The van der Waals surface area contributed by atoms with Crippen LogP contribution in [0.25, 0.3) is 0 Å². The molecule has 0 unspecified atom stereocenters. The molecular weight excluding hydrogens is 370 g/mol. The third-order valence-electron chi connectivity index (χ3n) is 4.05. The summed E-state index contributed by atoms with van der Waals surface area (Å²) in [6, 6.07) is 19.4. The van der Waals surface area contributed by atoms with Crippen LogP contribution in [0, 0.1) is 0 Å². The molecule has 0 bridgehead atoms. The topological polar surface area (TPSA) is 92.6 Å². The molecule has 0 aliphatic rings. The number of ether oxygens (including phenoxy) is 1. The lowest BCUT2D eigenvalue weighted by Crippen LogP contribution is -2.43. The van der Waals surface area contributed by atoms with Crippen LogP contribution in [0.2, 0.25) is 0 Å². The van der Waals surface area contributed by atoms with E-state index in [0.29, 0.717) is 11.4 Å². The van der Waals surface area contributed by atoms with Gasteiger partial charge >= 0.3 is 11.9 Å². The Morgan fingerprint density at radius 3 is 2.41 bits per heavy atom. The molecule has 0 aliphatic carbocycles. The summed E-state index contributed by atoms with van der Waals surface area (Å²) in [6.45, 7) is 2.34. The lowest BCUT2D eigenvalue weighted by atomic mass is 10.1. The molecule has 3 amide bonds. The van der Waals surface area contributed by atoms with Crippen LogP contribution in [0.3, 0.4) is 0 Å². The van der Waals surface area contributed by atoms with Gasteiger partial charge in [0.05, 0.1) is 0 Å². The summed E-state index contributed by atoms with van der Waals surface area (Å²) in [5, 5.41) is 2.59. The van der Waals surface area contributed by atoms with Gasteiger partial charge in [-0.1, -0.05) is 43.7 Å². The van der Waals surface area contributed by atoms with Crippen LogP contribution in [0.4, 0.5) is 10.5 Å². The van der Waals surface area contributed by atoms with E-state index in [1.54, 1.807) is 30.3 Å². The molecule has 3 rings (SSSR count). The molecule has 3 N–H and O–H groups in total. The molecule has 7 heteroatoms. The molecule has 0 fully saturated rings. The van der Waals surface area contributed by atoms with Crippen LogP contribution < -0.4 is 20.9 Å². The Kier molecular flexibility index (Phi) is 6.89. The minimum absolute atomic E-state index is 0.0712. The SMILES string of the molecule is CCCc1ccc(OCc2ccc(C(=O)NNC(=O)Nc3ccccc3)o2)cc1. The minimum Gasteiger partial charge on any atom is -0.486 e. The van der Waals surface area contributed by atoms with E-state index in [0.717, 1.165) is 18.6 Å². The van der Waals surface area contributed by atoms with Gasteiger partial charge in [0.15, 0.2) is 5.76 Å². The van der Waals surface area contributed by atoms with E-state index in [4.69, 9.17) is 9.15 Å². The Hall–Kier alpha value is -3.74. The van der Waals surface area contributed by atoms with Crippen molar-refractivity contribution < 1.29 is 18.7 Å². The molecule has 0 spiro atoms. The van der Waals surface area contributed by atoms with Gasteiger partial charge in [-0.3, -0.25) is 10.2 Å². The Morgan fingerprint density at radius 1 is 0.931 bits per heavy atom. The number of benzene rings is 2. The molecule has 150 valence electrons. The average molecular weight is 393 g/mol. The zero-order chi connectivity index (χ0) is 20.5. The van der Waals surface area contributed by atoms with Crippen molar-refractivity contribution in [3.63, 3.8) is 0 Å². The van der Waals surface area contributed by atoms with Gasteiger partial charge in [0.2, 0.25) is 0 Å². The highest BCUT2D eigenvalue weighted by molar-refractivity contribution is 5.95. The van der Waals surface area contributed by atoms with E-state index >= 15 is 0 Å². The van der Waals surface area contributed by atoms with Crippen LogP contribution in [-0.4, -0.2) is 11.9 Å². The Labute approximate surface area is 169 Å². The van der Waals surface area contributed by atoms with Gasteiger partial charge in [-0.2, -0.15) is 0 Å². The number of hydrogen-bond acceptors (Lipinski definition) is 4. The van der Waals surface area contributed by atoms with Crippen molar-refractivity contribution in [1.82, 2.24) is 10.9 Å². The van der Waals surface area contributed by atoms with Crippen LogP contribution in [0.5, 0.6) is 5.75 Å². The highest BCUT2D eigenvalue weighted by Gasteiger charge is 2.12. The van der Waals surface area contributed by atoms with Gasteiger partial charge in [0, 0.05) is 5.69 Å². The van der Waals surface area contributed by atoms with Crippen molar-refractivity contribution in [1.29, 1.82) is 0 Å². The number of hydrazine groups is 1. The number of carbonyl (C=O) groups is 2. The third-order valence-corrected chi connectivity index (χ3v) is 4.05. The number of nitrogens with one attached hydrogen (secondary N) is 3. The first-order valence-corrected chi connectivity index (χ1v) is 9.37. The second-order valence-corrected chi connectivity index (χ2v) is 6.35. The lowest BCUT2D eigenvalue weighted by Gasteiger charge is -2.08. The van der Waals surface area contributed by atoms with Gasteiger partial charge in [-0.25, -0.2) is 10.2 Å². The molecule has 1 heterocycles. The second-order valence-electron chi connectivity index (χ2n) is 6.35. The lowest BCUT2D eigenvalue weighted by molar-refractivity contribution is 0.0906. The van der Waals surface area contributed by atoms with Gasteiger partial charge < -0.3 is 14.5 Å². The summed E-state index contributed by atoms with van der Waals surface area (Å²) in [6.07, 6.45) is 2.13. The van der Waals surface area contributed by atoms with E-state index in [-0.39, 0.29) is 12.4 Å². The third kappa shape index (κ3) is 6.14. The van der Waals surface area contributed by atoms with Crippen LogP contribution in [0.1, 0.15) is 35.2 Å². The Morgan fingerprint density at radius 2 is 1.69 bits per heavy atom. The maximum Gasteiger partial charge on any atom is 0.337 e. The number of amides is 3. The fourth-order valence-electron chi connectivity index (χ4n) is 2.63. The fourth-order valence-corrected chi connectivity index (χ4v) is 2.63. The first-order chi connectivity index (χ1) is 14.1. The predicted octanol–water partition coefficient (Wildman–Crippen LogP) is 4.28. The van der Waals surface area contributed by atoms with Gasteiger partial charge in [0.1, 0.15) is 18.1 Å². The van der Waals surface area contributed by atoms with Crippen molar-refractivity contribution in [2.24, 2.45) is 0 Å². The van der Waals surface area contributed by atoms with Gasteiger partial charge in [-0.15, -0.1) is 0 Å². The first-order valence-electron chi connectivity index (χ1n) is 9.37. The molecule has 0 aliphatic heterocycles. The second kappa shape index (κ2) is 9.98. The molecule has 0 saturated heterocycles. The van der Waals surface area contributed by atoms with Crippen LogP contribution >= 0.6 is 0 Å². The number of aryl methyl sites for hydroxylation is 1. The molecule has 7 nitrogen and oxygen atoms in total. The summed E-state index contributed by atoms with van der Waals surface area (Å²) in [5.74, 6) is 0.735. The van der Waals surface area contributed by atoms with Crippen molar-refractivity contribution in [3.05, 3.63) is 83.8 Å². The molecule has 0 radical (unpaired) electrons. The standard InChI is InChI=1S/C22H23N3O4/c1-2-6-16-9-11-18(12-10-16)28-15-19-13-14-20(29-19)21(26)24-25-22(27)23-17-7-4-3-5-8-17/h3-5,7-14H,2,6,15H2,1H3,(H,24,26)(H2,23,25,27). The molecule has 1 aromatic heterocycles. The molecule has 0 saturated carbocycles. The monoisotopic (exact) mass is 393 g/mol. The van der Waals surface area contributed by atoms with E-state index in [1.165, 1.54) is 11.6 Å². The first kappa shape index (κ1) is 20.0. The van der Waals surface area contributed by atoms with Crippen molar-refractivity contribution in [2.75, 3.05) is 5.32 Å². The van der Waals surface area contributed by atoms with E-state index in [9.17, 15) is 9.59 Å². The molecule has 2 aromatic carbocycles. The van der Waals surface area contributed by atoms with Crippen molar-refractivity contribution >= 4 is 17.6 Å². The summed E-state index contributed by atoms with van der Waals surface area (Å²) in [4.78, 5) is 23.9. The molecule has 29 heavy (non-hydrogen) atoms. The summed E-state index contributed by atoms with van der Waals surface area (Å²) >= 11 is 0. The minimum atomic E-state index is -0.566. The predicted molar refractivity (Wildman–Crippen MR) is 110 cm³/mol. The number of hydrogen-bond donors (Lipinski definition) is 3. The van der Waals surface area contributed by atoms with E-state index < -0.39 is 11.9 Å². The normalized spacial score (nSPS) is 10.2. The fraction of sp³-hybridized carbons (Fsp3) is 0.182. The molecular formula is C22H23N3O4. The van der Waals surface area contributed by atoms with E-state index in [2.05, 4.69) is 23.1 Å².